The van der Waals surface area contributed by atoms with Gasteiger partial charge < -0.3 is 9.64 Å². The summed E-state index contributed by atoms with van der Waals surface area (Å²) in [6.07, 6.45) is 1.62. The molecule has 0 spiro atoms. The van der Waals surface area contributed by atoms with Gasteiger partial charge in [0, 0.05) is 13.1 Å². The van der Waals surface area contributed by atoms with Gasteiger partial charge in [0.15, 0.2) is 9.84 Å². The van der Waals surface area contributed by atoms with Crippen LogP contribution in [0.25, 0.3) is 0 Å². The van der Waals surface area contributed by atoms with Crippen molar-refractivity contribution in [1.82, 2.24) is 4.90 Å². The van der Waals surface area contributed by atoms with Crippen molar-refractivity contribution in [2.75, 3.05) is 31.7 Å². The number of amides is 1. The molecule has 2 rings (SSSR count). The smallest absolute Gasteiger partial charge is 0.308 e. The lowest BCUT2D eigenvalue weighted by Gasteiger charge is -2.32. The summed E-state index contributed by atoms with van der Waals surface area (Å²) in [5.74, 6) is -0.744. The van der Waals surface area contributed by atoms with Crippen LogP contribution in [0.2, 0.25) is 0 Å². The van der Waals surface area contributed by atoms with Gasteiger partial charge in [-0.1, -0.05) is 0 Å². The Kier molecular flexibility index (Phi) is 4.13. The van der Waals surface area contributed by atoms with E-state index in [4.69, 9.17) is 4.74 Å². The molecule has 7 heteroatoms. The normalized spacial score (nSPS) is 27.2. The molecule has 0 N–H and O–H groups in total. The van der Waals surface area contributed by atoms with E-state index in [1.165, 1.54) is 7.11 Å². The molecule has 1 unspecified atom stereocenters. The SMILES string of the molecule is COC(=O)C1CCN(C(=O)C2CCS(=O)(=O)C2)CC1. The first-order chi connectivity index (χ1) is 8.93. The zero-order valence-electron chi connectivity index (χ0n) is 11.0. The number of methoxy groups -OCH3 is 1. The predicted octanol–water partition coefficient (Wildman–Crippen LogP) is -0.167. The quantitative estimate of drug-likeness (QED) is 0.659. The molecule has 2 aliphatic heterocycles. The van der Waals surface area contributed by atoms with Gasteiger partial charge >= 0.3 is 5.97 Å². The van der Waals surface area contributed by atoms with Crippen LogP contribution in [0, 0.1) is 11.8 Å². The second kappa shape index (κ2) is 5.48. The van der Waals surface area contributed by atoms with Crippen LogP contribution in [0.4, 0.5) is 0 Å². The van der Waals surface area contributed by atoms with Crippen molar-refractivity contribution in [3.63, 3.8) is 0 Å². The molecule has 1 atom stereocenters. The van der Waals surface area contributed by atoms with Crippen molar-refractivity contribution < 1.29 is 22.7 Å². The van der Waals surface area contributed by atoms with Crippen LogP contribution in [-0.4, -0.2) is 56.9 Å². The number of carbonyl (C=O) groups is 2. The van der Waals surface area contributed by atoms with Crippen LogP contribution in [0.5, 0.6) is 0 Å². The highest BCUT2D eigenvalue weighted by atomic mass is 32.2. The van der Waals surface area contributed by atoms with Gasteiger partial charge in [0.2, 0.25) is 5.91 Å². The molecule has 2 aliphatic rings. The summed E-state index contributed by atoms with van der Waals surface area (Å²) < 4.78 is 27.4. The Morgan fingerprint density at radius 2 is 1.74 bits per heavy atom. The van der Waals surface area contributed by atoms with Crippen molar-refractivity contribution in [2.24, 2.45) is 11.8 Å². The largest absolute Gasteiger partial charge is 0.469 e. The maximum Gasteiger partial charge on any atom is 0.308 e. The van der Waals surface area contributed by atoms with Gasteiger partial charge in [0.25, 0.3) is 0 Å². The van der Waals surface area contributed by atoms with E-state index in [2.05, 4.69) is 0 Å². The summed E-state index contributed by atoms with van der Waals surface area (Å²) in [7, 11) is -1.66. The molecule has 6 nitrogen and oxygen atoms in total. The molecule has 19 heavy (non-hydrogen) atoms. The standard InChI is InChI=1S/C12H19NO5S/c1-18-12(15)9-2-5-13(6-3-9)11(14)10-4-7-19(16,17)8-10/h9-10H,2-8H2,1H3. The summed E-state index contributed by atoms with van der Waals surface area (Å²) in [5, 5.41) is 0. The molecule has 0 aromatic rings. The minimum atomic E-state index is -3.03. The summed E-state index contributed by atoms with van der Waals surface area (Å²) >= 11 is 0. The van der Waals surface area contributed by atoms with Crippen molar-refractivity contribution >= 4 is 21.7 Å². The van der Waals surface area contributed by atoms with Crippen LogP contribution in [0.3, 0.4) is 0 Å². The van der Waals surface area contributed by atoms with Gasteiger partial charge in [0.05, 0.1) is 30.5 Å². The Labute approximate surface area is 113 Å². The predicted molar refractivity (Wildman–Crippen MR) is 68.1 cm³/mol. The third kappa shape index (κ3) is 3.26. The van der Waals surface area contributed by atoms with Gasteiger partial charge in [-0.15, -0.1) is 0 Å². The first-order valence-electron chi connectivity index (χ1n) is 6.50. The molecule has 2 saturated heterocycles. The first-order valence-corrected chi connectivity index (χ1v) is 8.32. The minimum Gasteiger partial charge on any atom is -0.469 e. The van der Waals surface area contributed by atoms with E-state index in [1.54, 1.807) is 4.90 Å². The third-order valence-corrected chi connectivity index (χ3v) is 5.69. The fraction of sp³-hybridized carbons (Fsp3) is 0.833. The molecule has 2 fully saturated rings. The van der Waals surface area contributed by atoms with E-state index in [-0.39, 0.29) is 35.2 Å². The highest BCUT2D eigenvalue weighted by Gasteiger charge is 2.37. The van der Waals surface area contributed by atoms with E-state index in [0.717, 1.165) is 0 Å². The van der Waals surface area contributed by atoms with Crippen LogP contribution in [-0.2, 0) is 24.2 Å². The van der Waals surface area contributed by atoms with Gasteiger partial charge in [-0.3, -0.25) is 9.59 Å². The van der Waals surface area contributed by atoms with Gasteiger partial charge in [-0.25, -0.2) is 8.42 Å². The molecule has 2 heterocycles. The van der Waals surface area contributed by atoms with E-state index >= 15 is 0 Å². The number of hydrogen-bond donors (Lipinski definition) is 0. The Bertz CT molecular complexity index is 465. The zero-order valence-corrected chi connectivity index (χ0v) is 11.8. The molecule has 0 bridgehead atoms. The average molecular weight is 289 g/mol. The molecule has 0 aromatic heterocycles. The summed E-state index contributed by atoms with van der Waals surface area (Å²) in [4.78, 5) is 25.2. The average Bonchev–Trinajstić information content (AvgIpc) is 2.77. The van der Waals surface area contributed by atoms with E-state index in [1.807, 2.05) is 0 Å². The van der Waals surface area contributed by atoms with Crippen molar-refractivity contribution in [1.29, 1.82) is 0 Å². The summed E-state index contributed by atoms with van der Waals surface area (Å²) in [5.41, 5.74) is 0. The van der Waals surface area contributed by atoms with Crippen LogP contribution in [0.15, 0.2) is 0 Å². The number of likely N-dealkylation sites (tertiary alicyclic amines) is 1. The summed E-state index contributed by atoms with van der Waals surface area (Å²) in [6, 6.07) is 0. The van der Waals surface area contributed by atoms with Crippen LogP contribution < -0.4 is 0 Å². The molecular formula is C12H19NO5S. The maximum absolute atomic E-state index is 12.2. The number of nitrogens with zero attached hydrogens (tertiary/aromatic N) is 1. The number of sulfone groups is 1. The Morgan fingerprint density at radius 3 is 2.21 bits per heavy atom. The highest BCUT2D eigenvalue weighted by Crippen LogP contribution is 2.24. The number of carbonyl (C=O) groups excluding carboxylic acids is 2. The second-order valence-electron chi connectivity index (χ2n) is 5.22. The van der Waals surface area contributed by atoms with Crippen molar-refractivity contribution in [3.8, 4) is 0 Å². The highest BCUT2D eigenvalue weighted by molar-refractivity contribution is 7.91. The molecule has 0 aromatic carbocycles. The Morgan fingerprint density at radius 1 is 1.11 bits per heavy atom. The lowest BCUT2D eigenvalue weighted by molar-refractivity contribution is -0.149. The molecule has 1 amide bonds. The van der Waals surface area contributed by atoms with E-state index < -0.39 is 9.84 Å². The van der Waals surface area contributed by atoms with Crippen molar-refractivity contribution in [2.45, 2.75) is 19.3 Å². The topological polar surface area (TPSA) is 80.8 Å². The number of esters is 1. The van der Waals surface area contributed by atoms with Crippen LogP contribution in [0.1, 0.15) is 19.3 Å². The van der Waals surface area contributed by atoms with E-state index in [0.29, 0.717) is 32.4 Å². The zero-order chi connectivity index (χ0) is 14.0. The van der Waals surface area contributed by atoms with Crippen molar-refractivity contribution in [3.05, 3.63) is 0 Å². The Balaban J connectivity index is 1.88. The lowest BCUT2D eigenvalue weighted by Crippen LogP contribution is -2.43. The summed E-state index contributed by atoms with van der Waals surface area (Å²) in [6.45, 7) is 1.02. The van der Waals surface area contributed by atoms with Gasteiger partial charge in [-0.05, 0) is 19.3 Å². The third-order valence-electron chi connectivity index (χ3n) is 3.92. The first kappa shape index (κ1) is 14.3. The van der Waals surface area contributed by atoms with Gasteiger partial charge in [-0.2, -0.15) is 0 Å². The number of rotatable bonds is 2. The van der Waals surface area contributed by atoms with Gasteiger partial charge in [0.1, 0.15) is 0 Å². The molecular weight excluding hydrogens is 270 g/mol. The van der Waals surface area contributed by atoms with E-state index in [9.17, 15) is 18.0 Å². The van der Waals surface area contributed by atoms with Crippen LogP contribution >= 0.6 is 0 Å². The number of piperidine rings is 1. The Hall–Kier alpha value is -1.11. The fourth-order valence-corrected chi connectivity index (χ4v) is 4.48. The monoisotopic (exact) mass is 289 g/mol. The molecule has 0 radical (unpaired) electrons. The number of ether oxygens (including phenoxy) is 1. The minimum absolute atomic E-state index is 0.0250. The molecule has 108 valence electrons. The number of hydrogen-bond acceptors (Lipinski definition) is 5. The fourth-order valence-electron chi connectivity index (χ4n) is 2.75. The second-order valence-corrected chi connectivity index (χ2v) is 7.45. The molecule has 0 saturated carbocycles. The maximum atomic E-state index is 12.2. The lowest BCUT2D eigenvalue weighted by atomic mass is 9.95. The molecule has 0 aliphatic carbocycles.